The maximum Gasteiger partial charge on any atom is 0.227 e. The molecule has 3 atom stereocenters. The predicted octanol–water partition coefficient (Wildman–Crippen LogP) is 1.59. The minimum absolute atomic E-state index is 0.0111. The van der Waals surface area contributed by atoms with Gasteiger partial charge in [0.15, 0.2) is 0 Å². The standard InChI is InChI=1S/C17H20F2N2O3/c18-12-5-13(19)7-14(6-12)21-9-11(4-16(21)23)17(24)20-8-10-2-1-3-15(10)22/h5-7,10-11,15,22H,1-4,8-9H2,(H,20,24). The third kappa shape index (κ3) is 3.56. The molecule has 3 rings (SSSR count). The molecule has 1 heterocycles. The summed E-state index contributed by atoms with van der Waals surface area (Å²) >= 11 is 0. The molecule has 1 aromatic rings. The number of benzene rings is 1. The highest BCUT2D eigenvalue weighted by atomic mass is 19.1. The van der Waals surface area contributed by atoms with Crippen LogP contribution in [0.2, 0.25) is 0 Å². The van der Waals surface area contributed by atoms with E-state index in [1.807, 2.05) is 0 Å². The van der Waals surface area contributed by atoms with Crippen molar-refractivity contribution in [1.82, 2.24) is 5.32 Å². The van der Waals surface area contributed by atoms with E-state index in [0.29, 0.717) is 6.54 Å². The summed E-state index contributed by atoms with van der Waals surface area (Å²) in [7, 11) is 0. The van der Waals surface area contributed by atoms with Crippen LogP contribution in [0.15, 0.2) is 18.2 Å². The summed E-state index contributed by atoms with van der Waals surface area (Å²) in [5, 5.41) is 12.6. The summed E-state index contributed by atoms with van der Waals surface area (Å²) in [6.45, 7) is 0.486. The molecule has 1 aliphatic heterocycles. The third-order valence-corrected chi connectivity index (χ3v) is 4.81. The number of carbonyl (C=O) groups excluding carboxylic acids is 2. The van der Waals surface area contributed by atoms with Crippen LogP contribution in [0.25, 0.3) is 0 Å². The van der Waals surface area contributed by atoms with Crippen LogP contribution in [0, 0.1) is 23.5 Å². The normalized spacial score (nSPS) is 26.9. The van der Waals surface area contributed by atoms with Crippen LogP contribution in [0.3, 0.4) is 0 Å². The number of aliphatic hydroxyl groups is 1. The van der Waals surface area contributed by atoms with E-state index < -0.39 is 17.6 Å². The van der Waals surface area contributed by atoms with Crippen molar-refractivity contribution in [2.75, 3.05) is 18.0 Å². The largest absolute Gasteiger partial charge is 0.393 e. The van der Waals surface area contributed by atoms with Gasteiger partial charge in [-0.15, -0.1) is 0 Å². The van der Waals surface area contributed by atoms with Gasteiger partial charge in [0.2, 0.25) is 11.8 Å². The molecule has 0 bridgehead atoms. The summed E-state index contributed by atoms with van der Waals surface area (Å²) in [6, 6.07) is 2.90. The molecule has 0 spiro atoms. The second-order valence-corrected chi connectivity index (χ2v) is 6.54. The van der Waals surface area contributed by atoms with Gasteiger partial charge in [-0.25, -0.2) is 8.78 Å². The molecule has 2 aliphatic rings. The van der Waals surface area contributed by atoms with Crippen LogP contribution in [-0.2, 0) is 9.59 Å². The highest BCUT2D eigenvalue weighted by molar-refractivity contribution is 6.00. The summed E-state index contributed by atoms with van der Waals surface area (Å²) in [6.07, 6.45) is 2.20. The lowest BCUT2D eigenvalue weighted by molar-refractivity contribution is -0.126. The fourth-order valence-corrected chi connectivity index (χ4v) is 3.46. The van der Waals surface area contributed by atoms with E-state index in [-0.39, 0.29) is 42.5 Å². The predicted molar refractivity (Wildman–Crippen MR) is 83.2 cm³/mol. The Balaban J connectivity index is 1.60. The number of amides is 2. The lowest BCUT2D eigenvalue weighted by atomic mass is 10.0. The number of aliphatic hydroxyl groups excluding tert-OH is 1. The van der Waals surface area contributed by atoms with E-state index in [2.05, 4.69) is 5.32 Å². The van der Waals surface area contributed by atoms with Gasteiger partial charge in [-0.05, 0) is 25.0 Å². The van der Waals surface area contributed by atoms with Gasteiger partial charge in [0.05, 0.1) is 12.0 Å². The number of nitrogens with one attached hydrogen (secondary N) is 1. The fraction of sp³-hybridized carbons (Fsp3) is 0.529. The number of hydrogen-bond acceptors (Lipinski definition) is 3. The highest BCUT2D eigenvalue weighted by Crippen LogP contribution is 2.28. The molecule has 1 aliphatic carbocycles. The van der Waals surface area contributed by atoms with E-state index in [0.717, 1.165) is 37.5 Å². The van der Waals surface area contributed by atoms with E-state index in [4.69, 9.17) is 0 Å². The van der Waals surface area contributed by atoms with Gasteiger partial charge in [0, 0.05) is 37.2 Å². The Morgan fingerprint density at radius 3 is 2.58 bits per heavy atom. The number of nitrogens with zero attached hydrogens (tertiary/aromatic N) is 1. The summed E-state index contributed by atoms with van der Waals surface area (Å²) in [5.41, 5.74) is 0.124. The first-order valence-electron chi connectivity index (χ1n) is 8.16. The Labute approximate surface area is 138 Å². The molecule has 2 N–H and O–H groups in total. The molecule has 5 nitrogen and oxygen atoms in total. The van der Waals surface area contributed by atoms with E-state index in [1.54, 1.807) is 0 Å². The molecular formula is C17H20F2N2O3. The van der Waals surface area contributed by atoms with Crippen LogP contribution < -0.4 is 10.2 Å². The van der Waals surface area contributed by atoms with Crippen LogP contribution in [0.4, 0.5) is 14.5 Å². The maximum absolute atomic E-state index is 13.3. The molecule has 24 heavy (non-hydrogen) atoms. The van der Waals surface area contributed by atoms with Crippen molar-refractivity contribution in [2.24, 2.45) is 11.8 Å². The minimum atomic E-state index is -0.763. The number of halogens is 2. The Bertz CT molecular complexity index is 632. The van der Waals surface area contributed by atoms with Crippen LogP contribution in [-0.4, -0.2) is 36.1 Å². The van der Waals surface area contributed by atoms with Crippen LogP contribution in [0.5, 0.6) is 0 Å². The Morgan fingerprint density at radius 1 is 1.25 bits per heavy atom. The molecule has 1 saturated carbocycles. The molecule has 0 radical (unpaired) electrons. The van der Waals surface area contributed by atoms with Crippen molar-refractivity contribution in [2.45, 2.75) is 31.8 Å². The molecule has 7 heteroatoms. The Hall–Kier alpha value is -2.02. The topological polar surface area (TPSA) is 69.6 Å². The van der Waals surface area contributed by atoms with Gasteiger partial charge in [0.25, 0.3) is 0 Å². The lowest BCUT2D eigenvalue weighted by Crippen LogP contribution is -2.37. The number of carbonyl (C=O) groups is 2. The Kier molecular flexibility index (Phi) is 4.80. The zero-order valence-electron chi connectivity index (χ0n) is 13.2. The van der Waals surface area contributed by atoms with E-state index in [9.17, 15) is 23.5 Å². The van der Waals surface area contributed by atoms with Crippen molar-refractivity contribution < 1.29 is 23.5 Å². The smallest absolute Gasteiger partial charge is 0.227 e. The molecule has 130 valence electrons. The average molecular weight is 338 g/mol. The van der Waals surface area contributed by atoms with Gasteiger partial charge >= 0.3 is 0 Å². The molecule has 0 aromatic heterocycles. The van der Waals surface area contributed by atoms with E-state index in [1.165, 1.54) is 4.90 Å². The highest BCUT2D eigenvalue weighted by Gasteiger charge is 2.36. The van der Waals surface area contributed by atoms with Crippen molar-refractivity contribution in [3.8, 4) is 0 Å². The average Bonchev–Trinajstić information content (AvgIpc) is 3.10. The minimum Gasteiger partial charge on any atom is -0.393 e. The third-order valence-electron chi connectivity index (χ3n) is 4.81. The van der Waals surface area contributed by atoms with Crippen molar-refractivity contribution in [3.05, 3.63) is 29.8 Å². The van der Waals surface area contributed by atoms with Gasteiger partial charge in [-0.3, -0.25) is 9.59 Å². The summed E-state index contributed by atoms with van der Waals surface area (Å²) in [4.78, 5) is 25.6. The first-order valence-corrected chi connectivity index (χ1v) is 8.16. The zero-order chi connectivity index (χ0) is 17.3. The van der Waals surface area contributed by atoms with Crippen LogP contribution in [0.1, 0.15) is 25.7 Å². The molecule has 1 aromatic carbocycles. The lowest BCUT2D eigenvalue weighted by Gasteiger charge is -2.18. The fourth-order valence-electron chi connectivity index (χ4n) is 3.46. The van der Waals surface area contributed by atoms with Crippen LogP contribution >= 0.6 is 0 Å². The van der Waals surface area contributed by atoms with Gasteiger partial charge in [-0.2, -0.15) is 0 Å². The Morgan fingerprint density at radius 2 is 1.96 bits per heavy atom. The molecule has 1 saturated heterocycles. The van der Waals surface area contributed by atoms with Crippen molar-refractivity contribution in [1.29, 1.82) is 0 Å². The second-order valence-electron chi connectivity index (χ2n) is 6.54. The quantitative estimate of drug-likeness (QED) is 0.876. The first-order chi connectivity index (χ1) is 11.4. The number of hydrogen-bond donors (Lipinski definition) is 2. The van der Waals surface area contributed by atoms with Crippen molar-refractivity contribution >= 4 is 17.5 Å². The zero-order valence-corrected chi connectivity index (χ0v) is 13.2. The molecule has 2 fully saturated rings. The monoisotopic (exact) mass is 338 g/mol. The SMILES string of the molecule is O=C(NCC1CCCC1O)C1CC(=O)N(c2cc(F)cc(F)c2)C1. The van der Waals surface area contributed by atoms with Gasteiger partial charge in [0.1, 0.15) is 11.6 Å². The van der Waals surface area contributed by atoms with Gasteiger partial charge in [-0.1, -0.05) is 6.42 Å². The number of anilines is 1. The summed E-state index contributed by atoms with van der Waals surface area (Å²) in [5.74, 6) is -2.62. The molecule has 2 amide bonds. The van der Waals surface area contributed by atoms with Gasteiger partial charge < -0.3 is 15.3 Å². The summed E-state index contributed by atoms with van der Waals surface area (Å²) < 4.78 is 26.6. The first kappa shape index (κ1) is 16.8. The van der Waals surface area contributed by atoms with Crippen molar-refractivity contribution in [3.63, 3.8) is 0 Å². The second kappa shape index (κ2) is 6.84. The molecule has 3 unspecified atom stereocenters. The van der Waals surface area contributed by atoms with E-state index >= 15 is 0 Å². The molecular weight excluding hydrogens is 318 g/mol. The number of rotatable bonds is 4. The maximum atomic E-state index is 13.3.